The Bertz CT molecular complexity index is 570. The molecule has 0 atom stereocenters. The fraction of sp³-hybridized carbons (Fsp3) is 0.750. The van der Waals surface area contributed by atoms with E-state index in [2.05, 4.69) is 5.32 Å². The van der Waals surface area contributed by atoms with Crippen molar-refractivity contribution >= 4 is 23.8 Å². The summed E-state index contributed by atoms with van der Waals surface area (Å²) in [6.07, 6.45) is 3.84. The highest BCUT2D eigenvalue weighted by atomic mass is 16.2. The normalized spacial score (nSPS) is 23.6. The minimum Gasteiger partial charge on any atom is -0.341 e. The van der Waals surface area contributed by atoms with Crippen molar-refractivity contribution in [3.05, 3.63) is 0 Å². The smallest absolute Gasteiger partial charge is 0.325 e. The molecule has 3 fully saturated rings. The second-order valence-electron chi connectivity index (χ2n) is 6.85. The summed E-state index contributed by atoms with van der Waals surface area (Å²) >= 11 is 0. The molecule has 2 aliphatic heterocycles. The molecule has 132 valence electrons. The summed E-state index contributed by atoms with van der Waals surface area (Å²) in [5.74, 6) is -0.501. The number of rotatable bonds is 2. The van der Waals surface area contributed by atoms with Gasteiger partial charge >= 0.3 is 6.03 Å². The summed E-state index contributed by atoms with van der Waals surface area (Å²) in [5, 5.41) is 2.79. The van der Waals surface area contributed by atoms with Crippen LogP contribution in [0.5, 0.6) is 0 Å². The first-order chi connectivity index (χ1) is 11.4. The minimum absolute atomic E-state index is 0.00146. The van der Waals surface area contributed by atoms with Gasteiger partial charge in [0, 0.05) is 33.1 Å². The fourth-order valence-electron chi connectivity index (χ4n) is 3.85. The molecule has 5 amide bonds. The predicted molar refractivity (Wildman–Crippen MR) is 84.9 cm³/mol. The maximum absolute atomic E-state index is 12.6. The van der Waals surface area contributed by atoms with Crippen LogP contribution in [-0.2, 0) is 14.4 Å². The van der Waals surface area contributed by atoms with Crippen molar-refractivity contribution in [3.8, 4) is 0 Å². The van der Waals surface area contributed by atoms with Crippen LogP contribution in [0.25, 0.3) is 0 Å². The molecule has 0 bridgehead atoms. The van der Waals surface area contributed by atoms with Crippen molar-refractivity contribution in [2.75, 3.05) is 32.7 Å². The van der Waals surface area contributed by atoms with Gasteiger partial charge in [-0.25, -0.2) is 4.79 Å². The van der Waals surface area contributed by atoms with Gasteiger partial charge in [-0.2, -0.15) is 0 Å². The molecule has 3 rings (SSSR count). The largest absolute Gasteiger partial charge is 0.341 e. The Hall–Kier alpha value is -2.12. The van der Waals surface area contributed by atoms with Crippen LogP contribution in [0.2, 0.25) is 0 Å². The van der Waals surface area contributed by atoms with E-state index in [4.69, 9.17) is 0 Å². The third kappa shape index (κ3) is 2.97. The van der Waals surface area contributed by atoms with Gasteiger partial charge in [-0.05, 0) is 19.3 Å². The topological polar surface area (TPSA) is 90.0 Å². The molecular weight excluding hydrogens is 312 g/mol. The fourth-order valence-corrected chi connectivity index (χ4v) is 3.85. The second-order valence-corrected chi connectivity index (χ2v) is 6.85. The molecule has 2 saturated heterocycles. The number of nitrogens with one attached hydrogen (secondary N) is 1. The minimum atomic E-state index is -0.776. The van der Waals surface area contributed by atoms with Crippen LogP contribution in [0.15, 0.2) is 0 Å². The lowest BCUT2D eigenvalue weighted by atomic mass is 9.98. The van der Waals surface area contributed by atoms with E-state index in [1.165, 1.54) is 6.92 Å². The van der Waals surface area contributed by atoms with E-state index in [9.17, 15) is 19.2 Å². The molecule has 3 aliphatic rings. The standard InChI is InChI=1S/C16H24N4O4/c1-12(21)18-7-4-8-19(10-9-18)13(22)11-20-14(23)16(17-15(20)24)5-2-3-6-16/h2-11H2,1H3,(H,17,24). The van der Waals surface area contributed by atoms with Gasteiger partial charge in [0.2, 0.25) is 11.8 Å². The van der Waals surface area contributed by atoms with Gasteiger partial charge in [-0.1, -0.05) is 12.8 Å². The SMILES string of the molecule is CC(=O)N1CCCN(C(=O)CN2C(=O)NC3(CCCC3)C2=O)CC1. The van der Waals surface area contributed by atoms with Crippen LogP contribution in [0.3, 0.4) is 0 Å². The number of urea groups is 1. The summed E-state index contributed by atoms with van der Waals surface area (Å²) in [7, 11) is 0. The Morgan fingerprint density at radius 2 is 1.62 bits per heavy atom. The lowest BCUT2D eigenvalue weighted by Crippen LogP contribution is -2.46. The molecule has 8 heteroatoms. The van der Waals surface area contributed by atoms with Crippen molar-refractivity contribution in [1.29, 1.82) is 0 Å². The average molecular weight is 336 g/mol. The zero-order valence-corrected chi connectivity index (χ0v) is 14.0. The molecule has 0 aromatic rings. The quantitative estimate of drug-likeness (QED) is 0.715. The summed E-state index contributed by atoms with van der Waals surface area (Å²) in [6, 6.07) is -0.463. The molecule has 1 aliphatic carbocycles. The van der Waals surface area contributed by atoms with Crippen LogP contribution >= 0.6 is 0 Å². The van der Waals surface area contributed by atoms with E-state index in [1.54, 1.807) is 9.80 Å². The van der Waals surface area contributed by atoms with Crippen LogP contribution in [0.1, 0.15) is 39.0 Å². The highest BCUT2D eigenvalue weighted by Crippen LogP contribution is 2.34. The van der Waals surface area contributed by atoms with Crippen LogP contribution in [0.4, 0.5) is 4.79 Å². The molecule has 0 aromatic carbocycles. The van der Waals surface area contributed by atoms with E-state index < -0.39 is 11.6 Å². The molecule has 0 unspecified atom stereocenters. The molecule has 0 aromatic heterocycles. The van der Waals surface area contributed by atoms with E-state index in [-0.39, 0.29) is 24.3 Å². The Morgan fingerprint density at radius 3 is 2.29 bits per heavy atom. The summed E-state index contributed by atoms with van der Waals surface area (Å²) in [6.45, 7) is 3.40. The van der Waals surface area contributed by atoms with Crippen molar-refractivity contribution < 1.29 is 19.2 Å². The lowest BCUT2D eigenvalue weighted by molar-refractivity contribution is -0.139. The predicted octanol–water partition coefficient (Wildman–Crippen LogP) is -0.0682. The van der Waals surface area contributed by atoms with Gasteiger partial charge in [0.15, 0.2) is 0 Å². The lowest BCUT2D eigenvalue weighted by Gasteiger charge is -2.24. The van der Waals surface area contributed by atoms with Gasteiger partial charge in [0.25, 0.3) is 5.91 Å². The summed E-state index contributed by atoms with van der Waals surface area (Å²) in [5.41, 5.74) is -0.776. The van der Waals surface area contributed by atoms with Gasteiger partial charge < -0.3 is 15.1 Å². The number of amides is 5. The molecule has 1 saturated carbocycles. The van der Waals surface area contributed by atoms with Crippen molar-refractivity contribution in [3.63, 3.8) is 0 Å². The number of carbonyl (C=O) groups excluding carboxylic acids is 4. The van der Waals surface area contributed by atoms with Gasteiger partial charge in [0.05, 0.1) is 0 Å². The van der Waals surface area contributed by atoms with Crippen LogP contribution in [-0.4, -0.2) is 76.7 Å². The first-order valence-electron chi connectivity index (χ1n) is 8.60. The van der Waals surface area contributed by atoms with Crippen LogP contribution in [0, 0.1) is 0 Å². The van der Waals surface area contributed by atoms with Crippen molar-refractivity contribution in [1.82, 2.24) is 20.0 Å². The molecule has 1 N–H and O–H groups in total. The van der Waals surface area contributed by atoms with E-state index in [0.717, 1.165) is 17.7 Å². The second kappa shape index (κ2) is 6.41. The van der Waals surface area contributed by atoms with Gasteiger partial charge in [-0.15, -0.1) is 0 Å². The number of hydrogen-bond acceptors (Lipinski definition) is 4. The highest BCUT2D eigenvalue weighted by Gasteiger charge is 2.52. The Morgan fingerprint density at radius 1 is 1.00 bits per heavy atom. The Labute approximate surface area is 141 Å². The van der Waals surface area contributed by atoms with Gasteiger partial charge in [0.1, 0.15) is 12.1 Å². The average Bonchev–Trinajstić information content (AvgIpc) is 2.97. The molecule has 1 spiro atoms. The molecule has 0 radical (unpaired) electrons. The number of carbonyl (C=O) groups is 4. The van der Waals surface area contributed by atoms with E-state index in [1.807, 2.05) is 0 Å². The molecule has 8 nitrogen and oxygen atoms in total. The maximum Gasteiger partial charge on any atom is 0.325 e. The highest BCUT2D eigenvalue weighted by molar-refractivity contribution is 6.09. The summed E-state index contributed by atoms with van der Waals surface area (Å²) in [4.78, 5) is 53.1. The van der Waals surface area contributed by atoms with E-state index in [0.29, 0.717) is 45.4 Å². The first-order valence-corrected chi connectivity index (χ1v) is 8.60. The molecular formula is C16H24N4O4. The van der Waals surface area contributed by atoms with Gasteiger partial charge in [-0.3, -0.25) is 19.3 Å². The first kappa shape index (κ1) is 16.7. The zero-order chi connectivity index (χ0) is 17.3. The Balaban J connectivity index is 1.61. The van der Waals surface area contributed by atoms with Crippen molar-refractivity contribution in [2.24, 2.45) is 0 Å². The number of imide groups is 1. The van der Waals surface area contributed by atoms with Crippen LogP contribution < -0.4 is 5.32 Å². The summed E-state index contributed by atoms with van der Waals surface area (Å²) < 4.78 is 0. The number of nitrogens with zero attached hydrogens (tertiary/aromatic N) is 3. The maximum atomic E-state index is 12.6. The Kier molecular flexibility index (Phi) is 4.47. The monoisotopic (exact) mass is 336 g/mol. The third-order valence-corrected chi connectivity index (χ3v) is 5.29. The van der Waals surface area contributed by atoms with E-state index >= 15 is 0 Å². The molecule has 2 heterocycles. The molecule has 24 heavy (non-hydrogen) atoms. The van der Waals surface area contributed by atoms with Crippen molar-refractivity contribution in [2.45, 2.75) is 44.6 Å². The third-order valence-electron chi connectivity index (χ3n) is 5.29. The number of hydrogen-bond donors (Lipinski definition) is 1. The zero-order valence-electron chi connectivity index (χ0n) is 14.0.